The molecular formula is C14H24O4. The summed E-state index contributed by atoms with van der Waals surface area (Å²) in [5, 5.41) is 20.4. The molecular weight excluding hydrogens is 232 g/mol. The average Bonchev–Trinajstić information content (AvgIpc) is 2.25. The van der Waals surface area contributed by atoms with Gasteiger partial charge in [0.1, 0.15) is 6.61 Å². The average molecular weight is 256 g/mol. The van der Waals surface area contributed by atoms with Gasteiger partial charge in [-0.05, 0) is 45.6 Å². The molecule has 0 saturated heterocycles. The maximum Gasteiger partial charge on any atom is 0.311 e. The third kappa shape index (κ3) is 3.82. The lowest BCUT2D eigenvalue weighted by Crippen LogP contribution is -2.47. The molecule has 2 N–H and O–H groups in total. The minimum atomic E-state index is -1.28. The zero-order valence-electron chi connectivity index (χ0n) is 11.6. The van der Waals surface area contributed by atoms with E-state index >= 15 is 0 Å². The van der Waals surface area contributed by atoms with Crippen LogP contribution in [0.1, 0.15) is 40.5 Å². The third-order valence-electron chi connectivity index (χ3n) is 3.57. The van der Waals surface area contributed by atoms with Crippen LogP contribution in [-0.4, -0.2) is 34.5 Å². The van der Waals surface area contributed by atoms with Gasteiger partial charge in [-0.25, -0.2) is 0 Å². The Morgan fingerprint density at radius 1 is 1.44 bits per heavy atom. The number of hydrogen-bond donors (Lipinski definition) is 2. The summed E-state index contributed by atoms with van der Waals surface area (Å²) in [4.78, 5) is 11.7. The van der Waals surface area contributed by atoms with Crippen LogP contribution in [0.5, 0.6) is 0 Å². The maximum absolute atomic E-state index is 11.7. The van der Waals surface area contributed by atoms with E-state index in [0.717, 1.165) is 12.0 Å². The summed E-state index contributed by atoms with van der Waals surface area (Å²) in [5.41, 5.74) is -0.141. The maximum atomic E-state index is 11.7. The van der Waals surface area contributed by atoms with Gasteiger partial charge in [0.2, 0.25) is 0 Å². The van der Waals surface area contributed by atoms with Crippen molar-refractivity contribution in [3.05, 3.63) is 11.6 Å². The van der Waals surface area contributed by atoms with Gasteiger partial charge in [-0.2, -0.15) is 0 Å². The number of hydrogen-bond acceptors (Lipinski definition) is 4. The van der Waals surface area contributed by atoms with E-state index in [1.54, 1.807) is 13.8 Å². The molecule has 4 nitrogen and oxygen atoms in total. The Hall–Kier alpha value is -0.870. The fourth-order valence-corrected chi connectivity index (χ4v) is 2.60. The quantitative estimate of drug-likeness (QED) is 0.511. The van der Waals surface area contributed by atoms with Gasteiger partial charge >= 0.3 is 5.97 Å². The first kappa shape index (κ1) is 15.2. The van der Waals surface area contributed by atoms with Gasteiger partial charge in [0.25, 0.3) is 0 Å². The van der Waals surface area contributed by atoms with Gasteiger partial charge in [0.15, 0.2) is 0 Å². The van der Waals surface area contributed by atoms with Crippen LogP contribution in [0, 0.1) is 11.8 Å². The molecule has 0 fully saturated rings. The van der Waals surface area contributed by atoms with E-state index in [4.69, 9.17) is 4.74 Å². The number of aliphatic hydroxyl groups excluding tert-OH is 1. The molecule has 18 heavy (non-hydrogen) atoms. The Morgan fingerprint density at radius 3 is 2.67 bits per heavy atom. The standard InChI is InChI=1S/C14H24O4/c1-9-5-6-18-13(16)11(3)12(15)14(4,17)8-10(2)7-9/h5,10-12,15,17H,6-8H2,1-4H3/b9-5+/t10?,11?,12?,14-/m0/s1. The lowest BCUT2D eigenvalue weighted by Gasteiger charge is -2.34. The summed E-state index contributed by atoms with van der Waals surface area (Å²) in [7, 11) is 0. The highest BCUT2D eigenvalue weighted by molar-refractivity contribution is 5.73. The number of allylic oxidation sites excluding steroid dienone is 1. The van der Waals surface area contributed by atoms with E-state index in [9.17, 15) is 15.0 Å². The molecule has 0 bridgehead atoms. The van der Waals surface area contributed by atoms with Crippen molar-refractivity contribution in [2.45, 2.75) is 52.2 Å². The van der Waals surface area contributed by atoms with Crippen LogP contribution in [0.2, 0.25) is 0 Å². The second kappa shape index (κ2) is 5.85. The summed E-state index contributed by atoms with van der Waals surface area (Å²) in [6.07, 6.45) is 2.06. The monoisotopic (exact) mass is 256 g/mol. The van der Waals surface area contributed by atoms with Gasteiger partial charge in [-0.3, -0.25) is 4.79 Å². The van der Waals surface area contributed by atoms with Crippen LogP contribution in [0.4, 0.5) is 0 Å². The van der Waals surface area contributed by atoms with E-state index in [-0.39, 0.29) is 12.5 Å². The van der Waals surface area contributed by atoms with E-state index in [2.05, 4.69) is 0 Å². The molecule has 0 aromatic heterocycles. The number of aliphatic hydroxyl groups is 2. The molecule has 1 aliphatic heterocycles. The Balaban J connectivity index is 2.94. The number of cyclic esters (lactones) is 1. The third-order valence-corrected chi connectivity index (χ3v) is 3.57. The molecule has 0 amide bonds. The summed E-state index contributed by atoms with van der Waals surface area (Å²) in [6, 6.07) is 0. The molecule has 0 saturated carbocycles. The molecule has 0 spiro atoms. The molecule has 1 aliphatic rings. The Kier molecular flexibility index (Phi) is 4.93. The Morgan fingerprint density at radius 2 is 2.06 bits per heavy atom. The molecule has 4 atom stereocenters. The molecule has 3 unspecified atom stereocenters. The molecule has 0 aliphatic carbocycles. The fourth-order valence-electron chi connectivity index (χ4n) is 2.60. The molecule has 4 heteroatoms. The van der Waals surface area contributed by atoms with E-state index in [1.807, 2.05) is 19.9 Å². The van der Waals surface area contributed by atoms with Crippen molar-refractivity contribution >= 4 is 5.97 Å². The first-order valence-electron chi connectivity index (χ1n) is 6.46. The molecule has 104 valence electrons. The molecule has 0 aromatic carbocycles. The van der Waals surface area contributed by atoms with Crippen LogP contribution < -0.4 is 0 Å². The van der Waals surface area contributed by atoms with Crippen molar-refractivity contribution in [3.8, 4) is 0 Å². The van der Waals surface area contributed by atoms with E-state index in [0.29, 0.717) is 6.42 Å². The Labute approximate surface area is 109 Å². The minimum absolute atomic E-state index is 0.233. The van der Waals surface area contributed by atoms with Crippen LogP contribution >= 0.6 is 0 Å². The predicted octanol–water partition coefficient (Wildman–Crippen LogP) is 1.65. The summed E-state index contributed by atoms with van der Waals surface area (Å²) < 4.78 is 5.07. The second-order valence-corrected chi connectivity index (χ2v) is 5.78. The molecule has 1 heterocycles. The van der Waals surface area contributed by atoms with Crippen molar-refractivity contribution in [2.75, 3.05) is 6.61 Å². The topological polar surface area (TPSA) is 66.8 Å². The zero-order valence-corrected chi connectivity index (χ0v) is 11.6. The van der Waals surface area contributed by atoms with Crippen molar-refractivity contribution in [2.24, 2.45) is 11.8 Å². The lowest BCUT2D eigenvalue weighted by atomic mass is 9.81. The van der Waals surface area contributed by atoms with Gasteiger partial charge in [-0.1, -0.05) is 12.5 Å². The number of rotatable bonds is 0. The van der Waals surface area contributed by atoms with Crippen LogP contribution in [-0.2, 0) is 9.53 Å². The second-order valence-electron chi connectivity index (χ2n) is 5.78. The normalized spacial score (nSPS) is 42.4. The zero-order chi connectivity index (χ0) is 13.9. The number of ether oxygens (including phenoxy) is 1. The van der Waals surface area contributed by atoms with E-state index < -0.39 is 23.6 Å². The summed E-state index contributed by atoms with van der Waals surface area (Å²) in [6.45, 7) is 7.41. The van der Waals surface area contributed by atoms with Gasteiger partial charge in [0, 0.05) is 0 Å². The van der Waals surface area contributed by atoms with E-state index in [1.165, 1.54) is 0 Å². The minimum Gasteiger partial charge on any atom is -0.461 e. The number of esters is 1. The smallest absolute Gasteiger partial charge is 0.311 e. The van der Waals surface area contributed by atoms with Crippen LogP contribution in [0.15, 0.2) is 11.6 Å². The molecule has 0 aromatic rings. The fraction of sp³-hybridized carbons (Fsp3) is 0.786. The van der Waals surface area contributed by atoms with Gasteiger partial charge in [-0.15, -0.1) is 0 Å². The highest BCUT2D eigenvalue weighted by Gasteiger charge is 2.39. The van der Waals surface area contributed by atoms with Crippen LogP contribution in [0.25, 0.3) is 0 Å². The predicted molar refractivity (Wildman–Crippen MR) is 68.9 cm³/mol. The van der Waals surface area contributed by atoms with Crippen molar-refractivity contribution in [1.29, 1.82) is 0 Å². The molecule has 1 rings (SSSR count). The van der Waals surface area contributed by atoms with Gasteiger partial charge < -0.3 is 14.9 Å². The first-order valence-corrected chi connectivity index (χ1v) is 6.46. The van der Waals surface area contributed by atoms with Gasteiger partial charge in [0.05, 0.1) is 17.6 Å². The first-order chi connectivity index (χ1) is 8.24. The summed E-state index contributed by atoms with van der Waals surface area (Å²) >= 11 is 0. The van der Waals surface area contributed by atoms with Crippen molar-refractivity contribution in [1.82, 2.24) is 0 Å². The lowest BCUT2D eigenvalue weighted by molar-refractivity contribution is -0.160. The van der Waals surface area contributed by atoms with Crippen LogP contribution in [0.3, 0.4) is 0 Å². The number of carbonyl (C=O) groups excluding carboxylic acids is 1. The largest absolute Gasteiger partial charge is 0.461 e. The highest BCUT2D eigenvalue weighted by Crippen LogP contribution is 2.29. The van der Waals surface area contributed by atoms with Crippen molar-refractivity contribution in [3.63, 3.8) is 0 Å². The number of carbonyl (C=O) groups is 1. The van der Waals surface area contributed by atoms with Crippen molar-refractivity contribution < 1.29 is 19.7 Å². The summed E-state index contributed by atoms with van der Waals surface area (Å²) in [5.74, 6) is -0.952. The SMILES string of the molecule is C/C1=C\COC(=O)C(C)C(O)[C@@](C)(O)CC(C)C1. The molecule has 0 radical (unpaired) electrons. The highest BCUT2D eigenvalue weighted by atomic mass is 16.5. The Bertz CT molecular complexity index is 333.